The summed E-state index contributed by atoms with van der Waals surface area (Å²) in [4.78, 5) is 28.4. The number of urea groups is 1. The van der Waals surface area contributed by atoms with Crippen LogP contribution in [0.4, 0.5) is 10.5 Å². The van der Waals surface area contributed by atoms with Crippen LogP contribution in [0.1, 0.15) is 20.8 Å². The Balaban J connectivity index is 1.68. The number of nitriles is 1. The van der Waals surface area contributed by atoms with Gasteiger partial charge >= 0.3 is 6.03 Å². The zero-order valence-electron chi connectivity index (χ0n) is 18.6. The van der Waals surface area contributed by atoms with Crippen LogP contribution in [0.25, 0.3) is 11.0 Å². The fourth-order valence-corrected chi connectivity index (χ4v) is 4.08. The van der Waals surface area contributed by atoms with E-state index in [0.29, 0.717) is 11.8 Å². The Hall–Kier alpha value is -3.52. The Labute approximate surface area is 204 Å². The summed E-state index contributed by atoms with van der Waals surface area (Å²) in [5, 5.41) is 12.4. The summed E-state index contributed by atoms with van der Waals surface area (Å²) in [5.74, 6) is -0.117. The van der Waals surface area contributed by atoms with Gasteiger partial charge in [0.15, 0.2) is 11.8 Å². The van der Waals surface area contributed by atoms with Gasteiger partial charge in [-0.3, -0.25) is 14.7 Å². The molecule has 0 bridgehead atoms. The number of imide groups is 1. The van der Waals surface area contributed by atoms with E-state index < -0.39 is 18.0 Å². The average Bonchev–Trinajstić information content (AvgIpc) is 3.14. The number of hydrogen-bond acceptors (Lipinski definition) is 7. The molecule has 0 saturated carbocycles. The SMILES string of the molecule is COc1nc2ccc(Oc3c(Cl)cc(N4NC(C#N)C(=O)NC4=O)cc3Cl)cc2n1C(C)(C)C. The molecule has 10 nitrogen and oxygen atoms in total. The van der Waals surface area contributed by atoms with Crippen molar-refractivity contribution in [3.05, 3.63) is 40.4 Å². The molecule has 34 heavy (non-hydrogen) atoms. The number of carbonyl (C=O) groups is 2. The molecule has 2 aromatic carbocycles. The number of fused-ring (bicyclic) bond motifs is 1. The topological polar surface area (TPSA) is 122 Å². The molecule has 1 saturated heterocycles. The third-order valence-electron chi connectivity index (χ3n) is 4.99. The van der Waals surface area contributed by atoms with Crippen molar-refractivity contribution in [2.45, 2.75) is 32.4 Å². The van der Waals surface area contributed by atoms with E-state index >= 15 is 0 Å². The minimum absolute atomic E-state index is 0.115. The number of halogens is 2. The molecular weight excluding hydrogens is 483 g/mol. The summed E-state index contributed by atoms with van der Waals surface area (Å²) in [6.07, 6.45) is 0. The number of nitrogens with zero attached hydrogens (tertiary/aromatic N) is 4. The molecular formula is C22H20Cl2N6O4. The zero-order valence-corrected chi connectivity index (χ0v) is 20.2. The highest BCUT2D eigenvalue weighted by molar-refractivity contribution is 6.37. The van der Waals surface area contributed by atoms with Gasteiger partial charge in [0, 0.05) is 11.6 Å². The lowest BCUT2D eigenvalue weighted by molar-refractivity contribution is -0.121. The molecule has 1 fully saturated rings. The number of hydrogen-bond donors (Lipinski definition) is 2. The largest absolute Gasteiger partial charge is 0.468 e. The lowest BCUT2D eigenvalue weighted by atomic mass is 10.1. The van der Waals surface area contributed by atoms with Crippen molar-refractivity contribution in [1.82, 2.24) is 20.3 Å². The van der Waals surface area contributed by atoms with E-state index in [1.807, 2.05) is 25.3 Å². The second-order valence-electron chi connectivity index (χ2n) is 8.42. The number of benzene rings is 2. The van der Waals surface area contributed by atoms with Crippen molar-refractivity contribution in [2.24, 2.45) is 0 Å². The Bertz CT molecular complexity index is 1330. The van der Waals surface area contributed by atoms with Crippen LogP contribution in [0.15, 0.2) is 30.3 Å². The second-order valence-corrected chi connectivity index (χ2v) is 9.23. The molecule has 3 amide bonds. The predicted molar refractivity (Wildman–Crippen MR) is 126 cm³/mol. The summed E-state index contributed by atoms with van der Waals surface area (Å²) in [5.41, 5.74) is 3.97. The molecule has 176 valence electrons. The first kappa shape index (κ1) is 23.6. The van der Waals surface area contributed by atoms with E-state index in [-0.39, 0.29) is 27.0 Å². The maximum absolute atomic E-state index is 12.2. The summed E-state index contributed by atoms with van der Waals surface area (Å²) < 4.78 is 13.4. The maximum Gasteiger partial charge on any atom is 0.343 e. The molecule has 4 rings (SSSR count). The molecule has 3 aromatic rings. The summed E-state index contributed by atoms with van der Waals surface area (Å²) in [6, 6.07) is 8.41. The molecule has 2 heterocycles. The third-order valence-corrected chi connectivity index (χ3v) is 5.55. The lowest BCUT2D eigenvalue weighted by Gasteiger charge is -2.30. The first-order valence-electron chi connectivity index (χ1n) is 10.1. The number of hydrazine groups is 1. The highest BCUT2D eigenvalue weighted by Gasteiger charge is 2.33. The number of anilines is 1. The van der Waals surface area contributed by atoms with Crippen LogP contribution in [0, 0.1) is 11.3 Å². The smallest absolute Gasteiger partial charge is 0.343 e. The van der Waals surface area contributed by atoms with Crippen molar-refractivity contribution in [3.8, 4) is 23.6 Å². The number of nitrogens with one attached hydrogen (secondary N) is 2. The van der Waals surface area contributed by atoms with E-state index in [4.69, 9.17) is 37.9 Å². The Morgan fingerprint density at radius 3 is 2.41 bits per heavy atom. The molecule has 0 radical (unpaired) electrons. The van der Waals surface area contributed by atoms with Gasteiger partial charge < -0.3 is 9.47 Å². The van der Waals surface area contributed by atoms with Crippen LogP contribution in [-0.4, -0.2) is 34.6 Å². The van der Waals surface area contributed by atoms with E-state index in [2.05, 4.69) is 15.7 Å². The summed E-state index contributed by atoms with van der Waals surface area (Å²) >= 11 is 12.9. The Kier molecular flexibility index (Phi) is 6.03. The van der Waals surface area contributed by atoms with Gasteiger partial charge in [-0.05, 0) is 45.0 Å². The van der Waals surface area contributed by atoms with Crippen molar-refractivity contribution in [1.29, 1.82) is 5.26 Å². The van der Waals surface area contributed by atoms with Crippen molar-refractivity contribution >= 4 is 51.9 Å². The highest BCUT2D eigenvalue weighted by Crippen LogP contribution is 2.41. The minimum Gasteiger partial charge on any atom is -0.468 e. The minimum atomic E-state index is -1.25. The van der Waals surface area contributed by atoms with Crippen molar-refractivity contribution < 1.29 is 19.1 Å². The molecule has 1 atom stereocenters. The molecule has 0 aliphatic carbocycles. The number of methoxy groups -OCH3 is 1. The molecule has 1 unspecified atom stereocenters. The van der Waals surface area contributed by atoms with Crippen LogP contribution >= 0.6 is 23.2 Å². The molecule has 1 aromatic heterocycles. The molecule has 1 aliphatic rings. The first-order valence-corrected chi connectivity index (χ1v) is 10.8. The van der Waals surface area contributed by atoms with Crippen molar-refractivity contribution in [2.75, 3.05) is 12.1 Å². The highest BCUT2D eigenvalue weighted by atomic mass is 35.5. The second kappa shape index (κ2) is 8.68. The number of carbonyl (C=O) groups excluding carboxylic acids is 2. The molecule has 12 heteroatoms. The zero-order chi connectivity index (χ0) is 24.8. The Morgan fingerprint density at radius 2 is 1.82 bits per heavy atom. The van der Waals surface area contributed by atoms with Gasteiger partial charge in [0.05, 0.1) is 39.9 Å². The quantitative estimate of drug-likeness (QED) is 0.543. The van der Waals surface area contributed by atoms with Gasteiger partial charge in [0.2, 0.25) is 0 Å². The van der Waals surface area contributed by atoms with Gasteiger partial charge in [-0.1, -0.05) is 23.2 Å². The van der Waals surface area contributed by atoms with Gasteiger partial charge in [0.25, 0.3) is 11.9 Å². The van der Waals surface area contributed by atoms with E-state index in [0.717, 1.165) is 16.0 Å². The van der Waals surface area contributed by atoms with E-state index in [1.165, 1.54) is 12.1 Å². The monoisotopic (exact) mass is 502 g/mol. The molecule has 1 aliphatic heterocycles. The van der Waals surface area contributed by atoms with Gasteiger partial charge in [-0.25, -0.2) is 9.80 Å². The fourth-order valence-electron chi connectivity index (χ4n) is 3.53. The van der Waals surface area contributed by atoms with E-state index in [9.17, 15) is 9.59 Å². The number of amides is 3. The summed E-state index contributed by atoms with van der Waals surface area (Å²) in [7, 11) is 1.56. The first-order chi connectivity index (χ1) is 16.0. The van der Waals surface area contributed by atoms with Crippen LogP contribution < -0.4 is 25.2 Å². The van der Waals surface area contributed by atoms with Gasteiger partial charge in [-0.15, -0.1) is 0 Å². The van der Waals surface area contributed by atoms with Crippen LogP contribution in [0.2, 0.25) is 10.0 Å². The normalized spacial score (nSPS) is 16.4. The Morgan fingerprint density at radius 1 is 1.15 bits per heavy atom. The number of imidazole rings is 1. The molecule has 0 spiro atoms. The average molecular weight is 503 g/mol. The van der Waals surface area contributed by atoms with Crippen molar-refractivity contribution in [3.63, 3.8) is 0 Å². The third kappa shape index (κ3) is 4.21. The lowest BCUT2D eigenvalue weighted by Crippen LogP contribution is -2.64. The summed E-state index contributed by atoms with van der Waals surface area (Å²) in [6.45, 7) is 6.10. The number of aromatic nitrogens is 2. The number of rotatable bonds is 4. The standard InChI is InChI=1S/C22H20Cl2N6O4/c1-22(2,3)29-17-9-12(5-6-15(17)26-21(29)33-4)34-18-13(23)7-11(8-14(18)24)30-20(32)27-19(31)16(10-25)28-30/h5-9,16,28H,1-4H3,(H,27,31,32). The number of ether oxygens (including phenoxy) is 2. The van der Waals surface area contributed by atoms with E-state index in [1.54, 1.807) is 31.4 Å². The van der Waals surface area contributed by atoms with Gasteiger partial charge in [0.1, 0.15) is 5.75 Å². The predicted octanol–water partition coefficient (Wildman–Crippen LogP) is 4.35. The molecule has 2 N–H and O–H groups in total. The van der Waals surface area contributed by atoms with Crippen LogP contribution in [-0.2, 0) is 10.3 Å². The van der Waals surface area contributed by atoms with Crippen LogP contribution in [0.3, 0.4) is 0 Å². The van der Waals surface area contributed by atoms with Crippen LogP contribution in [0.5, 0.6) is 17.5 Å². The van der Waals surface area contributed by atoms with Gasteiger partial charge in [-0.2, -0.15) is 15.7 Å². The fraction of sp³-hybridized carbons (Fsp3) is 0.273. The maximum atomic E-state index is 12.2.